The smallest absolute Gasteiger partial charge is 0.256 e. The van der Waals surface area contributed by atoms with E-state index in [1.807, 2.05) is 65.7 Å². The van der Waals surface area contributed by atoms with Gasteiger partial charge in [-0.2, -0.15) is 0 Å². The molecule has 5 nitrogen and oxygen atoms in total. The highest BCUT2D eigenvalue weighted by Crippen LogP contribution is 2.37. The highest BCUT2D eigenvalue weighted by atomic mass is 35.5. The third kappa shape index (κ3) is 2.89. The summed E-state index contributed by atoms with van der Waals surface area (Å²) in [5.74, 6) is 0.784. The van der Waals surface area contributed by atoms with Gasteiger partial charge in [-0.1, -0.05) is 29.8 Å². The first kappa shape index (κ1) is 16.1. The SMILES string of the molecule is Cc1nnc2ccc(C(=O)N(C3CC3)C(C)c3ccccc3Cl)cn12. The molecule has 4 rings (SSSR count). The highest BCUT2D eigenvalue weighted by Gasteiger charge is 2.37. The summed E-state index contributed by atoms with van der Waals surface area (Å²) in [7, 11) is 0. The van der Waals surface area contributed by atoms with Crippen molar-refractivity contribution in [3.05, 3.63) is 64.6 Å². The maximum Gasteiger partial charge on any atom is 0.256 e. The van der Waals surface area contributed by atoms with Crippen molar-refractivity contribution in [1.82, 2.24) is 19.5 Å². The Morgan fingerprint density at radius 2 is 2.00 bits per heavy atom. The second kappa shape index (κ2) is 6.15. The Morgan fingerprint density at radius 1 is 1.24 bits per heavy atom. The molecular weight excluding hydrogens is 336 g/mol. The molecular formula is C19H19ClN4O. The van der Waals surface area contributed by atoms with Crippen LogP contribution in [0.3, 0.4) is 0 Å². The second-order valence-corrected chi connectivity index (χ2v) is 6.94. The van der Waals surface area contributed by atoms with Gasteiger partial charge >= 0.3 is 0 Å². The van der Waals surface area contributed by atoms with Crippen LogP contribution in [0.4, 0.5) is 0 Å². The van der Waals surface area contributed by atoms with Crippen molar-refractivity contribution in [2.24, 2.45) is 0 Å². The van der Waals surface area contributed by atoms with E-state index in [0.717, 1.165) is 29.9 Å². The molecule has 0 saturated heterocycles. The first-order chi connectivity index (χ1) is 12.1. The number of carbonyl (C=O) groups is 1. The molecule has 3 aromatic rings. The minimum Gasteiger partial charge on any atom is -0.329 e. The summed E-state index contributed by atoms with van der Waals surface area (Å²) in [6, 6.07) is 11.6. The van der Waals surface area contributed by atoms with E-state index in [9.17, 15) is 4.79 Å². The predicted molar refractivity (Wildman–Crippen MR) is 96.8 cm³/mol. The number of nitrogens with zero attached hydrogens (tertiary/aromatic N) is 4. The van der Waals surface area contributed by atoms with Crippen LogP contribution in [0.2, 0.25) is 5.02 Å². The van der Waals surface area contributed by atoms with Gasteiger partial charge in [0.15, 0.2) is 5.65 Å². The van der Waals surface area contributed by atoms with Gasteiger partial charge in [-0.3, -0.25) is 9.20 Å². The minimum atomic E-state index is -0.0774. The number of carbonyl (C=O) groups excluding carboxylic acids is 1. The van der Waals surface area contributed by atoms with Crippen molar-refractivity contribution in [3.8, 4) is 0 Å². The van der Waals surface area contributed by atoms with Gasteiger partial charge in [0.25, 0.3) is 5.91 Å². The zero-order valence-electron chi connectivity index (χ0n) is 14.2. The lowest BCUT2D eigenvalue weighted by Crippen LogP contribution is -2.35. The van der Waals surface area contributed by atoms with E-state index >= 15 is 0 Å². The average molecular weight is 355 g/mol. The summed E-state index contributed by atoms with van der Waals surface area (Å²) in [5, 5.41) is 8.82. The van der Waals surface area contributed by atoms with Crippen molar-refractivity contribution in [3.63, 3.8) is 0 Å². The topological polar surface area (TPSA) is 50.5 Å². The zero-order chi connectivity index (χ0) is 17.6. The molecule has 1 aromatic carbocycles. The van der Waals surface area contributed by atoms with Crippen LogP contribution in [0.1, 0.15) is 47.6 Å². The van der Waals surface area contributed by atoms with Crippen LogP contribution in [0, 0.1) is 6.92 Å². The third-order valence-electron chi connectivity index (χ3n) is 4.77. The number of aromatic nitrogens is 3. The lowest BCUT2D eigenvalue weighted by Gasteiger charge is -2.30. The van der Waals surface area contributed by atoms with E-state index in [-0.39, 0.29) is 18.0 Å². The molecule has 128 valence electrons. The molecule has 0 spiro atoms. The van der Waals surface area contributed by atoms with Crippen molar-refractivity contribution in [2.75, 3.05) is 0 Å². The van der Waals surface area contributed by atoms with Gasteiger partial charge in [-0.05, 0) is 50.5 Å². The second-order valence-electron chi connectivity index (χ2n) is 6.53. The quantitative estimate of drug-likeness (QED) is 0.710. The van der Waals surface area contributed by atoms with E-state index < -0.39 is 0 Å². The number of hydrogen-bond acceptors (Lipinski definition) is 3. The van der Waals surface area contributed by atoms with Crippen LogP contribution < -0.4 is 0 Å². The lowest BCUT2D eigenvalue weighted by molar-refractivity contribution is 0.0673. The molecule has 1 atom stereocenters. The summed E-state index contributed by atoms with van der Waals surface area (Å²) in [6.45, 7) is 3.92. The molecule has 1 aliphatic rings. The fraction of sp³-hybridized carbons (Fsp3) is 0.316. The number of pyridine rings is 1. The van der Waals surface area contributed by atoms with Crippen LogP contribution in [-0.2, 0) is 0 Å². The summed E-state index contributed by atoms with van der Waals surface area (Å²) in [4.78, 5) is 15.2. The van der Waals surface area contributed by atoms with Crippen LogP contribution in [-0.4, -0.2) is 31.4 Å². The number of halogens is 1. The van der Waals surface area contributed by atoms with Crippen molar-refractivity contribution >= 4 is 23.2 Å². The van der Waals surface area contributed by atoms with Gasteiger partial charge in [0, 0.05) is 17.3 Å². The average Bonchev–Trinajstić information content (AvgIpc) is 3.38. The number of rotatable bonds is 4. The number of fused-ring (bicyclic) bond motifs is 1. The molecule has 6 heteroatoms. The van der Waals surface area contributed by atoms with Gasteiger partial charge < -0.3 is 4.90 Å². The largest absolute Gasteiger partial charge is 0.329 e. The summed E-state index contributed by atoms with van der Waals surface area (Å²) in [5.41, 5.74) is 2.36. The fourth-order valence-corrected chi connectivity index (χ4v) is 3.55. The van der Waals surface area contributed by atoms with Crippen LogP contribution >= 0.6 is 11.6 Å². The number of aryl methyl sites for hydroxylation is 1. The van der Waals surface area contributed by atoms with E-state index in [0.29, 0.717) is 10.6 Å². The summed E-state index contributed by atoms with van der Waals surface area (Å²) < 4.78 is 1.85. The minimum absolute atomic E-state index is 0.0184. The van der Waals surface area contributed by atoms with Gasteiger partial charge in [0.2, 0.25) is 0 Å². The molecule has 0 bridgehead atoms. The van der Waals surface area contributed by atoms with E-state index in [1.54, 1.807) is 0 Å². The Balaban J connectivity index is 1.71. The maximum absolute atomic E-state index is 13.3. The zero-order valence-corrected chi connectivity index (χ0v) is 14.9. The Labute approximate surface area is 151 Å². The van der Waals surface area contributed by atoms with Gasteiger partial charge in [0.1, 0.15) is 5.82 Å². The molecule has 1 unspecified atom stereocenters. The number of amides is 1. The first-order valence-electron chi connectivity index (χ1n) is 8.44. The Bertz CT molecular complexity index is 948. The monoisotopic (exact) mass is 354 g/mol. The van der Waals surface area contributed by atoms with E-state index in [2.05, 4.69) is 10.2 Å². The van der Waals surface area contributed by atoms with Crippen LogP contribution in [0.15, 0.2) is 42.6 Å². The van der Waals surface area contributed by atoms with Gasteiger partial charge in [0.05, 0.1) is 11.6 Å². The van der Waals surface area contributed by atoms with Gasteiger partial charge in [-0.15, -0.1) is 10.2 Å². The van der Waals surface area contributed by atoms with Crippen molar-refractivity contribution < 1.29 is 4.79 Å². The highest BCUT2D eigenvalue weighted by molar-refractivity contribution is 6.31. The molecule has 1 aliphatic carbocycles. The van der Waals surface area contributed by atoms with E-state index in [4.69, 9.17) is 11.6 Å². The molecule has 0 N–H and O–H groups in total. The fourth-order valence-electron chi connectivity index (χ4n) is 3.26. The van der Waals surface area contributed by atoms with Crippen molar-refractivity contribution in [1.29, 1.82) is 0 Å². The molecule has 25 heavy (non-hydrogen) atoms. The molecule has 0 aliphatic heterocycles. The molecule has 2 aromatic heterocycles. The lowest BCUT2D eigenvalue weighted by atomic mass is 10.1. The molecule has 1 fully saturated rings. The Morgan fingerprint density at radius 3 is 2.72 bits per heavy atom. The first-order valence-corrected chi connectivity index (χ1v) is 8.82. The molecule has 1 saturated carbocycles. The number of benzene rings is 1. The van der Waals surface area contributed by atoms with Crippen molar-refractivity contribution in [2.45, 2.75) is 38.8 Å². The normalized spacial score (nSPS) is 15.3. The maximum atomic E-state index is 13.3. The third-order valence-corrected chi connectivity index (χ3v) is 5.11. The molecule has 0 radical (unpaired) electrons. The van der Waals surface area contributed by atoms with E-state index in [1.165, 1.54) is 0 Å². The number of hydrogen-bond donors (Lipinski definition) is 0. The molecule has 2 heterocycles. The Kier molecular flexibility index (Phi) is 3.96. The predicted octanol–water partition coefficient (Wildman–Crippen LogP) is 4.06. The van der Waals surface area contributed by atoms with Gasteiger partial charge in [-0.25, -0.2) is 0 Å². The molecule has 1 amide bonds. The standard InChI is InChI=1S/C19H19ClN4O/c1-12(16-5-3-4-6-17(16)20)24(15-8-9-15)19(25)14-7-10-18-22-21-13(2)23(18)11-14/h3-7,10-12,15H,8-9H2,1-2H3. The summed E-state index contributed by atoms with van der Waals surface area (Å²) in [6.07, 6.45) is 3.89. The summed E-state index contributed by atoms with van der Waals surface area (Å²) >= 11 is 6.36. The Hall–Kier alpha value is -2.40. The van der Waals surface area contributed by atoms with Crippen LogP contribution in [0.25, 0.3) is 5.65 Å². The van der Waals surface area contributed by atoms with Crippen LogP contribution in [0.5, 0.6) is 0 Å².